The van der Waals surface area contributed by atoms with Crippen LogP contribution in [-0.2, 0) is 0 Å². The summed E-state index contributed by atoms with van der Waals surface area (Å²) in [5.74, 6) is -0.558. The topological polar surface area (TPSA) is 48.1 Å². The number of anilines is 2. The second-order valence-electron chi connectivity index (χ2n) is 6.46. The number of rotatable bonds is 3. The molecule has 0 atom stereocenters. The summed E-state index contributed by atoms with van der Waals surface area (Å²) in [5, 5.41) is 3.69. The van der Waals surface area contributed by atoms with Crippen LogP contribution in [0.25, 0.3) is 10.9 Å². The van der Waals surface area contributed by atoms with Crippen molar-refractivity contribution in [2.75, 3.05) is 23.3 Å². The van der Waals surface area contributed by atoms with Crippen molar-refractivity contribution in [3.8, 4) is 0 Å². The fraction of sp³-hybridized carbons (Fsp3) is 0.250. The van der Waals surface area contributed by atoms with E-state index in [0.29, 0.717) is 11.2 Å². The summed E-state index contributed by atoms with van der Waals surface area (Å²) in [6, 6.07) is 14.1. The van der Waals surface area contributed by atoms with Gasteiger partial charge < -0.3 is 15.2 Å². The van der Waals surface area contributed by atoms with Crippen molar-refractivity contribution in [1.29, 1.82) is 0 Å². The highest BCUT2D eigenvalue weighted by atomic mass is 19.1. The maximum atomic E-state index is 13.3. The maximum Gasteiger partial charge on any atom is 0.272 e. The van der Waals surface area contributed by atoms with E-state index in [-0.39, 0.29) is 11.7 Å². The maximum absolute atomic E-state index is 13.3. The van der Waals surface area contributed by atoms with E-state index < -0.39 is 0 Å². The van der Waals surface area contributed by atoms with Gasteiger partial charge in [-0.3, -0.25) is 4.79 Å². The Morgan fingerprint density at radius 3 is 2.52 bits per heavy atom. The minimum Gasteiger partial charge on any atom is -0.372 e. The molecule has 0 unspecified atom stereocenters. The number of hydrogen-bond acceptors (Lipinski definition) is 2. The predicted molar refractivity (Wildman–Crippen MR) is 98.7 cm³/mol. The van der Waals surface area contributed by atoms with Crippen LogP contribution < -0.4 is 10.2 Å². The van der Waals surface area contributed by atoms with Crippen LogP contribution >= 0.6 is 0 Å². The number of fused-ring (bicyclic) bond motifs is 1. The average molecular weight is 337 g/mol. The molecule has 1 aliphatic heterocycles. The Hall–Kier alpha value is -2.82. The molecule has 0 saturated carbocycles. The smallest absolute Gasteiger partial charge is 0.272 e. The molecule has 0 bridgehead atoms. The van der Waals surface area contributed by atoms with Crippen molar-refractivity contribution in [2.45, 2.75) is 19.3 Å². The number of carbonyl (C=O) groups excluding carboxylic acids is 1. The van der Waals surface area contributed by atoms with Gasteiger partial charge in [0.25, 0.3) is 5.91 Å². The van der Waals surface area contributed by atoms with Gasteiger partial charge in [0.05, 0.1) is 0 Å². The van der Waals surface area contributed by atoms with Gasteiger partial charge in [-0.15, -0.1) is 0 Å². The van der Waals surface area contributed by atoms with Gasteiger partial charge in [0.2, 0.25) is 0 Å². The van der Waals surface area contributed by atoms with E-state index in [4.69, 9.17) is 0 Å². The molecule has 1 saturated heterocycles. The van der Waals surface area contributed by atoms with Crippen molar-refractivity contribution in [3.63, 3.8) is 0 Å². The molecule has 1 fully saturated rings. The molecule has 25 heavy (non-hydrogen) atoms. The summed E-state index contributed by atoms with van der Waals surface area (Å²) in [6.07, 6.45) is 3.78. The average Bonchev–Trinajstić information content (AvgIpc) is 3.06. The number of aromatic amines is 1. The molecule has 1 aliphatic rings. The molecular formula is C20H20FN3O. The van der Waals surface area contributed by atoms with Gasteiger partial charge >= 0.3 is 0 Å². The van der Waals surface area contributed by atoms with Crippen molar-refractivity contribution in [3.05, 3.63) is 60.0 Å². The van der Waals surface area contributed by atoms with Gasteiger partial charge in [-0.05, 0) is 67.8 Å². The first-order valence-corrected chi connectivity index (χ1v) is 8.64. The zero-order chi connectivity index (χ0) is 17.2. The molecular weight excluding hydrogens is 317 g/mol. The van der Waals surface area contributed by atoms with Gasteiger partial charge in [-0.25, -0.2) is 4.39 Å². The normalized spacial score (nSPS) is 14.7. The molecule has 1 amide bonds. The second kappa shape index (κ2) is 6.59. The monoisotopic (exact) mass is 337 g/mol. The first kappa shape index (κ1) is 15.7. The fourth-order valence-corrected chi connectivity index (χ4v) is 3.33. The van der Waals surface area contributed by atoms with Crippen LogP contribution in [-0.4, -0.2) is 24.0 Å². The number of hydrogen-bond donors (Lipinski definition) is 2. The molecule has 0 aliphatic carbocycles. The van der Waals surface area contributed by atoms with Gasteiger partial charge in [0.1, 0.15) is 11.5 Å². The molecule has 1 aromatic heterocycles. The largest absolute Gasteiger partial charge is 0.372 e. The van der Waals surface area contributed by atoms with Crippen LogP contribution in [0.2, 0.25) is 0 Å². The van der Waals surface area contributed by atoms with E-state index in [1.807, 2.05) is 24.3 Å². The predicted octanol–water partition coefficient (Wildman–Crippen LogP) is 4.55. The molecule has 5 heteroatoms. The Morgan fingerprint density at radius 1 is 1.00 bits per heavy atom. The van der Waals surface area contributed by atoms with E-state index in [2.05, 4.69) is 15.2 Å². The Bertz CT molecular complexity index is 895. The Morgan fingerprint density at radius 2 is 1.76 bits per heavy atom. The lowest BCUT2D eigenvalue weighted by molar-refractivity contribution is 0.102. The van der Waals surface area contributed by atoms with Crippen LogP contribution in [0.5, 0.6) is 0 Å². The lowest BCUT2D eigenvalue weighted by Crippen LogP contribution is -2.29. The van der Waals surface area contributed by atoms with Crippen LogP contribution in [0.1, 0.15) is 29.8 Å². The van der Waals surface area contributed by atoms with Crippen molar-refractivity contribution < 1.29 is 9.18 Å². The molecule has 2 N–H and O–H groups in total. The molecule has 128 valence electrons. The summed E-state index contributed by atoms with van der Waals surface area (Å²) >= 11 is 0. The molecule has 3 aromatic rings. The summed E-state index contributed by atoms with van der Waals surface area (Å²) in [4.78, 5) is 17.7. The zero-order valence-electron chi connectivity index (χ0n) is 13.9. The van der Waals surface area contributed by atoms with E-state index >= 15 is 0 Å². The highest BCUT2D eigenvalue weighted by molar-refractivity contribution is 6.06. The van der Waals surface area contributed by atoms with Gasteiger partial charge in [0.15, 0.2) is 0 Å². The lowest BCUT2D eigenvalue weighted by atomic mass is 10.1. The SMILES string of the molecule is O=C(Nc1ccc(N2CCCCC2)cc1)c1cc2ccc(F)cc2[nH]1. The Kier molecular flexibility index (Phi) is 4.14. The highest BCUT2D eigenvalue weighted by Crippen LogP contribution is 2.22. The number of carbonyl (C=O) groups is 1. The number of nitrogens with zero attached hydrogens (tertiary/aromatic N) is 1. The number of amides is 1. The number of H-pyrrole nitrogens is 1. The van der Waals surface area contributed by atoms with Gasteiger partial charge in [0, 0.05) is 35.4 Å². The van der Waals surface area contributed by atoms with Crippen LogP contribution in [0, 0.1) is 5.82 Å². The summed E-state index contributed by atoms with van der Waals surface area (Å²) in [7, 11) is 0. The van der Waals surface area contributed by atoms with Crippen LogP contribution in [0.4, 0.5) is 15.8 Å². The van der Waals surface area contributed by atoms with Crippen molar-refractivity contribution in [1.82, 2.24) is 4.98 Å². The number of halogens is 1. The third-order valence-corrected chi connectivity index (χ3v) is 4.68. The lowest BCUT2D eigenvalue weighted by Gasteiger charge is -2.28. The van der Waals surface area contributed by atoms with E-state index in [1.54, 1.807) is 12.1 Å². The molecule has 4 rings (SSSR count). The molecule has 2 aromatic carbocycles. The summed E-state index contributed by atoms with van der Waals surface area (Å²) < 4.78 is 13.3. The second-order valence-corrected chi connectivity index (χ2v) is 6.46. The third-order valence-electron chi connectivity index (χ3n) is 4.68. The zero-order valence-corrected chi connectivity index (χ0v) is 13.9. The first-order valence-electron chi connectivity index (χ1n) is 8.64. The fourth-order valence-electron chi connectivity index (χ4n) is 3.33. The summed E-state index contributed by atoms with van der Waals surface area (Å²) in [5.41, 5.74) is 2.97. The highest BCUT2D eigenvalue weighted by Gasteiger charge is 2.12. The minimum atomic E-state index is -0.324. The molecule has 0 radical (unpaired) electrons. The number of aromatic nitrogens is 1. The number of piperidine rings is 1. The summed E-state index contributed by atoms with van der Waals surface area (Å²) in [6.45, 7) is 2.19. The first-order chi connectivity index (χ1) is 12.2. The van der Waals surface area contributed by atoms with Crippen LogP contribution in [0.15, 0.2) is 48.5 Å². The van der Waals surface area contributed by atoms with Crippen LogP contribution in [0.3, 0.4) is 0 Å². The van der Waals surface area contributed by atoms with E-state index in [0.717, 1.165) is 24.2 Å². The van der Waals surface area contributed by atoms with E-state index in [9.17, 15) is 9.18 Å². The van der Waals surface area contributed by atoms with Crippen molar-refractivity contribution >= 4 is 28.2 Å². The quantitative estimate of drug-likeness (QED) is 0.736. The number of benzene rings is 2. The van der Waals surface area contributed by atoms with E-state index in [1.165, 1.54) is 37.1 Å². The number of nitrogens with one attached hydrogen (secondary N) is 2. The standard InChI is InChI=1S/C20H20FN3O/c21-15-5-4-14-12-19(23-18(14)13-15)20(25)22-16-6-8-17(9-7-16)24-10-2-1-3-11-24/h4-9,12-13,23H,1-3,10-11H2,(H,22,25). The Labute approximate surface area is 145 Å². The Balaban J connectivity index is 1.47. The minimum absolute atomic E-state index is 0.234. The van der Waals surface area contributed by atoms with Gasteiger partial charge in [-0.1, -0.05) is 0 Å². The van der Waals surface area contributed by atoms with Gasteiger partial charge in [-0.2, -0.15) is 0 Å². The van der Waals surface area contributed by atoms with Crippen molar-refractivity contribution in [2.24, 2.45) is 0 Å². The molecule has 0 spiro atoms. The molecule has 4 nitrogen and oxygen atoms in total. The molecule has 2 heterocycles. The third kappa shape index (κ3) is 3.36.